The number of para-hydroxylation sites is 3. The fraction of sp³-hybridized carbons (Fsp3) is 0.0769. The minimum absolute atomic E-state index is 0. The van der Waals surface area contributed by atoms with Crippen LogP contribution in [0.5, 0.6) is 0 Å². The van der Waals surface area contributed by atoms with Gasteiger partial charge in [0.1, 0.15) is 5.82 Å². The van der Waals surface area contributed by atoms with Crippen LogP contribution in [0.4, 0.5) is 0 Å². The molecular formula is C39H29N4PtS-. The molecule has 0 fully saturated rings. The van der Waals surface area contributed by atoms with Crippen molar-refractivity contribution in [3.63, 3.8) is 0 Å². The number of hydrogen-bond acceptors (Lipinski definition) is 2. The normalized spacial score (nSPS) is 11.4. The third-order valence-corrected chi connectivity index (χ3v) is 9.26. The van der Waals surface area contributed by atoms with E-state index >= 15 is 0 Å². The number of rotatable bonds is 5. The summed E-state index contributed by atoms with van der Waals surface area (Å²) < 4.78 is 6.59. The average molecular weight is 781 g/mol. The van der Waals surface area contributed by atoms with Crippen molar-refractivity contribution in [2.45, 2.75) is 23.6 Å². The third-order valence-electron chi connectivity index (χ3n) is 8.34. The van der Waals surface area contributed by atoms with Gasteiger partial charge in [0.05, 0.1) is 0 Å². The average Bonchev–Trinajstić information content (AvgIpc) is 3.56. The molecule has 5 aromatic carbocycles. The third kappa shape index (κ3) is 5.10. The Kier molecular flexibility index (Phi) is 7.69. The van der Waals surface area contributed by atoms with Crippen LogP contribution in [0.3, 0.4) is 0 Å². The zero-order valence-corrected chi connectivity index (χ0v) is 28.1. The summed E-state index contributed by atoms with van der Waals surface area (Å²) in [6.07, 6.45) is 4.03. The van der Waals surface area contributed by atoms with E-state index in [1.165, 1.54) is 33.2 Å². The summed E-state index contributed by atoms with van der Waals surface area (Å²) >= 11 is 1.68. The van der Waals surface area contributed by atoms with Gasteiger partial charge in [0, 0.05) is 57.6 Å². The van der Waals surface area contributed by atoms with Gasteiger partial charge in [0.25, 0.3) is 0 Å². The molecule has 3 aromatic heterocycles. The summed E-state index contributed by atoms with van der Waals surface area (Å²) in [7, 11) is 2.08. The van der Waals surface area contributed by atoms with Gasteiger partial charge < -0.3 is 4.57 Å². The van der Waals surface area contributed by atoms with Crippen molar-refractivity contribution in [3.8, 4) is 22.6 Å². The molecule has 0 aliphatic carbocycles. The van der Waals surface area contributed by atoms with Crippen LogP contribution >= 0.6 is 11.8 Å². The minimum Gasteiger partial charge on any atom is -0.319 e. The Morgan fingerprint density at radius 1 is 0.689 bits per heavy atom. The van der Waals surface area contributed by atoms with Gasteiger partial charge in [0.15, 0.2) is 17.4 Å². The van der Waals surface area contributed by atoms with E-state index in [1.54, 1.807) is 11.8 Å². The van der Waals surface area contributed by atoms with Crippen LogP contribution in [-0.4, -0.2) is 18.7 Å². The molecule has 6 heteroatoms. The first kappa shape index (κ1) is 29.3. The molecular weight excluding hydrogens is 752 g/mol. The largest absolute Gasteiger partial charge is 0.319 e. The Balaban J connectivity index is 0.00000325. The molecule has 0 saturated heterocycles. The van der Waals surface area contributed by atoms with Gasteiger partial charge in [-0.3, -0.25) is 0 Å². The predicted molar refractivity (Wildman–Crippen MR) is 182 cm³/mol. The van der Waals surface area contributed by atoms with Gasteiger partial charge in [-0.2, -0.15) is 24.3 Å². The molecule has 0 radical (unpaired) electrons. The van der Waals surface area contributed by atoms with Gasteiger partial charge in [-0.15, -0.1) is 34.2 Å². The van der Waals surface area contributed by atoms with Gasteiger partial charge in [-0.25, -0.2) is 14.1 Å². The van der Waals surface area contributed by atoms with E-state index in [0.717, 1.165) is 43.2 Å². The maximum atomic E-state index is 4.88. The standard InChI is InChI=1S/C39H29N4S.Pt/c1-26-10-8-11-27(2)39(26)28-20-21-40-38(22-28)43-34-15-5-4-14-32(34)33-19-18-31(24-37(33)43)44-30-13-9-12-29(23-30)42-25-41(3)35-16-6-7-17-36(35)42;/h4-22,25H,1-3H3;/q-1;. The number of aromatic nitrogens is 4. The molecule has 0 saturated carbocycles. The first-order valence-electron chi connectivity index (χ1n) is 14.7. The summed E-state index contributed by atoms with van der Waals surface area (Å²) in [5.41, 5.74) is 10.4. The van der Waals surface area contributed by atoms with E-state index in [2.05, 4.69) is 162 Å². The fourth-order valence-corrected chi connectivity index (χ4v) is 7.17. The van der Waals surface area contributed by atoms with Crippen LogP contribution < -0.4 is 0 Å². The Labute approximate surface area is 281 Å². The summed E-state index contributed by atoms with van der Waals surface area (Å²) in [4.78, 5) is 6.95. The Morgan fingerprint density at radius 3 is 2.22 bits per heavy atom. The SMILES string of the molecule is Cc1cccc(C)c1-c1ccnc(-n2c3[c-]c(Sc4[c-]c(-n5[cH+]n(C)c6ccccc65)ccc4)ccc3c3ccccc32)c1.[Pt]. The second kappa shape index (κ2) is 11.8. The molecule has 45 heavy (non-hydrogen) atoms. The molecule has 0 bridgehead atoms. The molecule has 0 aliphatic rings. The number of hydrogen-bond donors (Lipinski definition) is 0. The van der Waals surface area contributed by atoms with Crippen molar-refractivity contribution in [3.05, 3.63) is 145 Å². The van der Waals surface area contributed by atoms with Crippen molar-refractivity contribution in [1.29, 1.82) is 0 Å². The van der Waals surface area contributed by atoms with Crippen molar-refractivity contribution < 1.29 is 21.1 Å². The Hall–Kier alpha value is -4.44. The number of pyridine rings is 1. The molecule has 0 N–H and O–H groups in total. The summed E-state index contributed by atoms with van der Waals surface area (Å²) in [5.74, 6) is 0.885. The number of aryl methyl sites for hydroxylation is 3. The number of benzene rings is 5. The fourth-order valence-electron chi connectivity index (χ4n) is 6.35. The maximum absolute atomic E-state index is 4.88. The summed E-state index contributed by atoms with van der Waals surface area (Å²) in [6, 6.07) is 45.8. The van der Waals surface area contributed by atoms with E-state index in [0.29, 0.717) is 0 Å². The molecule has 0 atom stereocenters. The topological polar surface area (TPSA) is 27.7 Å². The van der Waals surface area contributed by atoms with Gasteiger partial charge >= 0.3 is 0 Å². The first-order chi connectivity index (χ1) is 21.5. The van der Waals surface area contributed by atoms with Crippen molar-refractivity contribution in [2.24, 2.45) is 7.05 Å². The van der Waals surface area contributed by atoms with Gasteiger partial charge in [-0.1, -0.05) is 52.9 Å². The quantitative estimate of drug-likeness (QED) is 0.163. The zero-order valence-electron chi connectivity index (χ0n) is 25.1. The maximum Gasteiger partial charge on any atom is 0.188 e. The Bertz CT molecular complexity index is 2350. The zero-order chi connectivity index (χ0) is 29.8. The number of nitrogens with zero attached hydrogens (tertiary/aromatic N) is 4. The monoisotopic (exact) mass is 780 g/mol. The van der Waals surface area contributed by atoms with E-state index in [-0.39, 0.29) is 21.1 Å². The van der Waals surface area contributed by atoms with Crippen LogP contribution in [0.2, 0.25) is 0 Å². The van der Waals surface area contributed by atoms with Crippen LogP contribution in [-0.2, 0) is 28.1 Å². The molecule has 222 valence electrons. The molecule has 0 unspecified atom stereocenters. The van der Waals surface area contributed by atoms with Crippen molar-refractivity contribution >= 4 is 44.6 Å². The summed E-state index contributed by atoms with van der Waals surface area (Å²) in [6.45, 7) is 4.34. The second-order valence-electron chi connectivity index (χ2n) is 11.2. The van der Waals surface area contributed by atoms with E-state index in [9.17, 15) is 0 Å². The number of fused-ring (bicyclic) bond motifs is 4. The van der Waals surface area contributed by atoms with Crippen LogP contribution in [0, 0.1) is 26.0 Å². The predicted octanol–water partition coefficient (Wildman–Crippen LogP) is 9.78. The van der Waals surface area contributed by atoms with Crippen molar-refractivity contribution in [2.75, 3.05) is 0 Å². The molecule has 3 heterocycles. The van der Waals surface area contributed by atoms with Crippen LogP contribution in [0.25, 0.3) is 55.5 Å². The van der Waals surface area contributed by atoms with Crippen molar-refractivity contribution in [1.82, 2.24) is 18.7 Å². The van der Waals surface area contributed by atoms with E-state index < -0.39 is 0 Å². The molecule has 0 aliphatic heterocycles. The minimum atomic E-state index is 0. The first-order valence-corrected chi connectivity index (χ1v) is 15.5. The second-order valence-corrected chi connectivity index (χ2v) is 12.3. The molecule has 8 aromatic rings. The smallest absolute Gasteiger partial charge is 0.188 e. The molecule has 0 amide bonds. The molecule has 8 rings (SSSR count). The van der Waals surface area contributed by atoms with Crippen LogP contribution in [0.1, 0.15) is 11.1 Å². The Morgan fingerprint density at radius 2 is 1.40 bits per heavy atom. The van der Waals surface area contributed by atoms with Crippen LogP contribution in [0.15, 0.2) is 132 Å². The number of imidazole rings is 1. The summed E-state index contributed by atoms with van der Waals surface area (Å²) in [5, 5.41) is 2.35. The van der Waals surface area contributed by atoms with Gasteiger partial charge in [0.2, 0.25) is 0 Å². The molecule has 4 nitrogen and oxygen atoms in total. The molecule has 0 spiro atoms. The van der Waals surface area contributed by atoms with E-state index in [1.807, 2.05) is 6.20 Å². The van der Waals surface area contributed by atoms with E-state index in [4.69, 9.17) is 4.98 Å². The van der Waals surface area contributed by atoms with Gasteiger partial charge in [-0.05, 0) is 71.8 Å².